The van der Waals surface area contributed by atoms with Crippen LogP contribution in [-0.2, 0) is 23.9 Å². The van der Waals surface area contributed by atoms with Crippen molar-refractivity contribution in [2.24, 2.45) is 5.73 Å². The van der Waals surface area contributed by atoms with Crippen LogP contribution in [0.25, 0.3) is 0 Å². The van der Waals surface area contributed by atoms with Crippen molar-refractivity contribution in [3.8, 4) is 0 Å². The van der Waals surface area contributed by atoms with E-state index in [1.807, 2.05) is 0 Å². The van der Waals surface area contributed by atoms with E-state index >= 15 is 0 Å². The summed E-state index contributed by atoms with van der Waals surface area (Å²) < 4.78 is 10.1. The van der Waals surface area contributed by atoms with Gasteiger partial charge in [-0.2, -0.15) is 0 Å². The van der Waals surface area contributed by atoms with Gasteiger partial charge in [-0.05, 0) is 6.92 Å². The normalized spacial score (nSPS) is 20.1. The van der Waals surface area contributed by atoms with Crippen LogP contribution in [0.3, 0.4) is 0 Å². The molecule has 2 N–H and O–H groups in total. The quantitative estimate of drug-likeness (QED) is 0.425. The molecule has 120 valence electrons. The molecule has 1 rings (SSSR count). The third-order valence-electron chi connectivity index (χ3n) is 3.09. The first-order valence-electron chi connectivity index (χ1n) is 6.76. The highest BCUT2D eigenvalue weighted by Gasteiger charge is 2.38. The van der Waals surface area contributed by atoms with Gasteiger partial charge in [-0.15, -0.1) is 11.8 Å². The number of carbonyl (C=O) groups excluding carboxylic acids is 3. The number of nitrogens with zero attached hydrogens (tertiary/aromatic N) is 1. The van der Waals surface area contributed by atoms with Crippen molar-refractivity contribution < 1.29 is 23.9 Å². The summed E-state index contributed by atoms with van der Waals surface area (Å²) >= 11 is 1.26. The van der Waals surface area contributed by atoms with Crippen molar-refractivity contribution in [2.45, 2.75) is 24.6 Å². The first-order chi connectivity index (χ1) is 9.97. The van der Waals surface area contributed by atoms with Crippen molar-refractivity contribution in [3.63, 3.8) is 0 Å². The van der Waals surface area contributed by atoms with Crippen LogP contribution in [0.15, 0.2) is 0 Å². The molecular weight excluding hydrogens is 296 g/mol. The van der Waals surface area contributed by atoms with E-state index in [0.29, 0.717) is 25.6 Å². The molecular formula is C13H22N2O5S. The molecule has 0 saturated carbocycles. The average molecular weight is 318 g/mol. The molecule has 0 radical (unpaired) electrons. The Kier molecular flexibility index (Phi) is 7.87. The lowest BCUT2D eigenvalue weighted by molar-refractivity contribution is -0.139. The van der Waals surface area contributed by atoms with Gasteiger partial charge in [0.05, 0.1) is 37.7 Å². The molecule has 0 bridgehead atoms. The fourth-order valence-corrected chi connectivity index (χ4v) is 2.96. The van der Waals surface area contributed by atoms with Gasteiger partial charge in [0.2, 0.25) is 11.8 Å². The summed E-state index contributed by atoms with van der Waals surface area (Å²) in [5.41, 5.74) is 5.62. The van der Waals surface area contributed by atoms with Crippen LogP contribution in [0.5, 0.6) is 0 Å². The van der Waals surface area contributed by atoms with Gasteiger partial charge < -0.3 is 15.2 Å². The van der Waals surface area contributed by atoms with Gasteiger partial charge in [-0.3, -0.25) is 19.3 Å². The van der Waals surface area contributed by atoms with Crippen LogP contribution in [-0.4, -0.2) is 73.0 Å². The number of methoxy groups -OCH3 is 1. The van der Waals surface area contributed by atoms with E-state index in [1.54, 1.807) is 7.11 Å². The molecule has 8 heteroatoms. The number of ether oxygens (including phenoxy) is 2. The minimum atomic E-state index is -0.593. The molecule has 1 heterocycles. The standard InChI is InChI=1S/C13H22N2O5S/c1-9(16)10(14)8-21-11-7-12(17)15(13(11)18)3-4-20-6-5-19-2/h10-11H,3-8,14H2,1-2H3/t10-,11?/m0/s1. The smallest absolute Gasteiger partial charge is 0.242 e. The number of imide groups is 1. The maximum atomic E-state index is 12.1. The van der Waals surface area contributed by atoms with Gasteiger partial charge in [0.1, 0.15) is 5.78 Å². The van der Waals surface area contributed by atoms with E-state index in [1.165, 1.54) is 23.6 Å². The first kappa shape index (κ1) is 18.1. The molecule has 1 saturated heterocycles. The van der Waals surface area contributed by atoms with Gasteiger partial charge in [-0.1, -0.05) is 0 Å². The summed E-state index contributed by atoms with van der Waals surface area (Å²) in [4.78, 5) is 36.2. The predicted molar refractivity (Wildman–Crippen MR) is 78.9 cm³/mol. The highest BCUT2D eigenvalue weighted by atomic mass is 32.2. The zero-order valence-electron chi connectivity index (χ0n) is 12.4. The van der Waals surface area contributed by atoms with Crippen LogP contribution in [0.4, 0.5) is 0 Å². The van der Waals surface area contributed by atoms with Crippen LogP contribution >= 0.6 is 11.8 Å². The molecule has 1 aliphatic rings. The number of hydrogen-bond acceptors (Lipinski definition) is 7. The van der Waals surface area contributed by atoms with E-state index < -0.39 is 11.3 Å². The third-order valence-corrected chi connectivity index (χ3v) is 4.41. The van der Waals surface area contributed by atoms with Gasteiger partial charge in [-0.25, -0.2) is 0 Å². The number of Topliss-reactive ketones (excluding diaryl/α,β-unsaturated/α-hetero) is 1. The van der Waals surface area contributed by atoms with Gasteiger partial charge in [0, 0.05) is 19.3 Å². The monoisotopic (exact) mass is 318 g/mol. The molecule has 1 fully saturated rings. The summed E-state index contributed by atoms with van der Waals surface area (Å²) in [6.07, 6.45) is 0.159. The van der Waals surface area contributed by atoms with Crippen molar-refractivity contribution in [1.29, 1.82) is 0 Å². The van der Waals surface area contributed by atoms with Gasteiger partial charge in [0.25, 0.3) is 0 Å². The second kappa shape index (κ2) is 9.14. The van der Waals surface area contributed by atoms with Crippen LogP contribution < -0.4 is 5.73 Å². The summed E-state index contributed by atoms with van der Waals surface area (Å²) in [6, 6.07) is -0.593. The Morgan fingerprint density at radius 3 is 2.76 bits per heavy atom. The maximum absolute atomic E-state index is 12.1. The number of hydrogen-bond donors (Lipinski definition) is 1. The van der Waals surface area contributed by atoms with Crippen LogP contribution in [0.2, 0.25) is 0 Å². The van der Waals surface area contributed by atoms with Crippen molar-refractivity contribution in [2.75, 3.05) is 39.2 Å². The molecule has 1 unspecified atom stereocenters. The van der Waals surface area contributed by atoms with Crippen molar-refractivity contribution in [1.82, 2.24) is 4.90 Å². The Morgan fingerprint density at radius 1 is 1.43 bits per heavy atom. The lowest BCUT2D eigenvalue weighted by atomic mass is 10.3. The Labute approximate surface area is 128 Å². The van der Waals surface area contributed by atoms with E-state index in [-0.39, 0.29) is 30.6 Å². The largest absolute Gasteiger partial charge is 0.382 e. The summed E-state index contributed by atoms with van der Waals surface area (Å²) in [7, 11) is 1.57. The molecule has 0 aromatic carbocycles. The third kappa shape index (κ3) is 5.74. The number of thioether (sulfide) groups is 1. The fraction of sp³-hybridized carbons (Fsp3) is 0.769. The Bertz CT molecular complexity index is 391. The van der Waals surface area contributed by atoms with Crippen LogP contribution in [0.1, 0.15) is 13.3 Å². The number of likely N-dealkylation sites (tertiary alicyclic amines) is 1. The molecule has 0 aromatic heterocycles. The van der Waals surface area contributed by atoms with E-state index in [2.05, 4.69) is 0 Å². The highest BCUT2D eigenvalue weighted by molar-refractivity contribution is 8.00. The zero-order valence-corrected chi connectivity index (χ0v) is 13.2. The molecule has 1 aliphatic heterocycles. The Balaban J connectivity index is 2.35. The molecule has 0 spiro atoms. The summed E-state index contributed by atoms with van der Waals surface area (Å²) in [5.74, 6) is -0.208. The molecule has 21 heavy (non-hydrogen) atoms. The molecule has 0 aromatic rings. The van der Waals surface area contributed by atoms with Gasteiger partial charge in [0.15, 0.2) is 0 Å². The molecule has 2 amide bonds. The summed E-state index contributed by atoms with van der Waals surface area (Å²) in [5, 5.41) is -0.443. The maximum Gasteiger partial charge on any atom is 0.242 e. The van der Waals surface area contributed by atoms with E-state index in [0.717, 1.165) is 0 Å². The van der Waals surface area contributed by atoms with Gasteiger partial charge >= 0.3 is 0 Å². The lowest BCUT2D eigenvalue weighted by Crippen LogP contribution is -2.35. The van der Waals surface area contributed by atoms with Crippen molar-refractivity contribution >= 4 is 29.4 Å². The first-order valence-corrected chi connectivity index (χ1v) is 7.80. The van der Waals surface area contributed by atoms with Crippen LogP contribution in [0, 0.1) is 0 Å². The predicted octanol–water partition coefficient (Wildman–Crippen LogP) is -0.574. The second-order valence-corrected chi connectivity index (χ2v) is 5.97. The molecule has 2 atom stereocenters. The Morgan fingerprint density at radius 2 is 2.14 bits per heavy atom. The number of amides is 2. The van der Waals surface area contributed by atoms with Crippen molar-refractivity contribution in [3.05, 3.63) is 0 Å². The zero-order chi connectivity index (χ0) is 15.8. The topological polar surface area (TPSA) is 98.9 Å². The fourth-order valence-electron chi connectivity index (χ4n) is 1.76. The highest BCUT2D eigenvalue weighted by Crippen LogP contribution is 2.25. The number of nitrogens with two attached hydrogens (primary N) is 1. The minimum Gasteiger partial charge on any atom is -0.382 e. The SMILES string of the molecule is COCCOCCN1C(=O)CC(SC[C@H](N)C(C)=O)C1=O. The lowest BCUT2D eigenvalue weighted by Gasteiger charge is -2.15. The molecule has 0 aliphatic carbocycles. The van der Waals surface area contributed by atoms with E-state index in [4.69, 9.17) is 15.2 Å². The van der Waals surface area contributed by atoms with E-state index in [9.17, 15) is 14.4 Å². The number of carbonyl (C=O) groups is 3. The minimum absolute atomic E-state index is 0.123. The second-order valence-electron chi connectivity index (χ2n) is 4.73. The Hall–Kier alpha value is -0.960. The summed E-state index contributed by atoms with van der Waals surface area (Å²) in [6.45, 7) is 2.86. The molecule has 7 nitrogen and oxygen atoms in total. The number of rotatable bonds is 10. The number of ketones is 1. The average Bonchev–Trinajstić information content (AvgIpc) is 2.71.